The third-order valence-corrected chi connectivity index (χ3v) is 4.00. The highest BCUT2D eigenvalue weighted by molar-refractivity contribution is 6.35. The molecule has 0 fully saturated rings. The number of amides is 1. The van der Waals surface area contributed by atoms with E-state index in [0.29, 0.717) is 21.5 Å². The van der Waals surface area contributed by atoms with E-state index >= 15 is 0 Å². The average Bonchev–Trinajstić information content (AvgIpc) is 2.42. The van der Waals surface area contributed by atoms with Gasteiger partial charge in [0.1, 0.15) is 5.75 Å². The van der Waals surface area contributed by atoms with Crippen LogP contribution in [0.3, 0.4) is 0 Å². The smallest absolute Gasteiger partial charge is 0.265 e. The molecule has 0 spiro atoms. The number of halogens is 2. The molecule has 1 unspecified atom stereocenters. The first kappa shape index (κ1) is 17.6. The van der Waals surface area contributed by atoms with Gasteiger partial charge in [-0.2, -0.15) is 0 Å². The van der Waals surface area contributed by atoms with Crippen LogP contribution in [-0.4, -0.2) is 12.0 Å². The van der Waals surface area contributed by atoms with E-state index in [-0.39, 0.29) is 5.91 Å². The molecule has 2 rings (SSSR count). The highest BCUT2D eigenvalue weighted by atomic mass is 35.5. The zero-order chi connectivity index (χ0) is 17.1. The number of hydrogen-bond donors (Lipinski definition) is 1. The molecular weight excluding hydrogens is 333 g/mol. The quantitative estimate of drug-likeness (QED) is 0.808. The lowest BCUT2D eigenvalue weighted by molar-refractivity contribution is -0.122. The van der Waals surface area contributed by atoms with E-state index in [9.17, 15) is 4.79 Å². The minimum absolute atomic E-state index is 0.262. The van der Waals surface area contributed by atoms with Crippen molar-refractivity contribution in [1.29, 1.82) is 0 Å². The van der Waals surface area contributed by atoms with E-state index in [1.165, 1.54) is 0 Å². The summed E-state index contributed by atoms with van der Waals surface area (Å²) in [6, 6.07) is 8.90. The van der Waals surface area contributed by atoms with Crippen LogP contribution in [0.2, 0.25) is 10.0 Å². The maximum Gasteiger partial charge on any atom is 0.265 e. The summed E-state index contributed by atoms with van der Waals surface area (Å²) in [6.07, 6.45) is -0.646. The minimum Gasteiger partial charge on any atom is -0.481 e. The number of carbonyl (C=O) groups is 1. The Balaban J connectivity index is 2.11. The molecule has 1 atom stereocenters. The van der Waals surface area contributed by atoms with E-state index in [0.717, 1.165) is 16.7 Å². The molecule has 0 radical (unpaired) electrons. The Hall–Kier alpha value is -1.71. The van der Waals surface area contributed by atoms with Gasteiger partial charge in [-0.1, -0.05) is 29.3 Å². The molecule has 0 saturated heterocycles. The average molecular weight is 352 g/mol. The molecule has 1 N–H and O–H groups in total. The lowest BCUT2D eigenvalue weighted by Gasteiger charge is -2.18. The first-order valence-corrected chi connectivity index (χ1v) is 8.03. The van der Waals surface area contributed by atoms with E-state index in [2.05, 4.69) is 11.4 Å². The Morgan fingerprint density at radius 2 is 1.65 bits per heavy atom. The molecule has 122 valence electrons. The largest absolute Gasteiger partial charge is 0.481 e. The minimum atomic E-state index is -0.646. The van der Waals surface area contributed by atoms with Crippen molar-refractivity contribution >= 4 is 34.8 Å². The molecule has 2 aromatic carbocycles. The number of nitrogens with one attached hydrogen (secondary N) is 1. The van der Waals surface area contributed by atoms with Crippen molar-refractivity contribution in [2.24, 2.45) is 0 Å². The number of benzene rings is 2. The summed E-state index contributed by atoms with van der Waals surface area (Å²) in [4.78, 5) is 12.3. The van der Waals surface area contributed by atoms with Crippen molar-refractivity contribution in [2.75, 3.05) is 5.32 Å². The van der Waals surface area contributed by atoms with Crippen LogP contribution in [0.5, 0.6) is 5.75 Å². The molecule has 0 aromatic heterocycles. The zero-order valence-corrected chi connectivity index (χ0v) is 15.0. The van der Waals surface area contributed by atoms with Gasteiger partial charge in [0, 0.05) is 15.7 Å². The standard InChI is InChI=1S/C18H19Cl2NO2/c1-10-5-11(2)12(3)17(6-10)23-13(4)18(22)21-16-8-14(19)7-15(20)9-16/h5-9,13H,1-4H3,(H,21,22). The van der Waals surface area contributed by atoms with Gasteiger partial charge in [0.2, 0.25) is 0 Å². The predicted octanol–water partition coefficient (Wildman–Crippen LogP) is 5.32. The van der Waals surface area contributed by atoms with Gasteiger partial charge in [-0.3, -0.25) is 4.79 Å². The Kier molecular flexibility index (Phi) is 5.55. The molecule has 0 bridgehead atoms. The fourth-order valence-electron chi connectivity index (χ4n) is 2.24. The van der Waals surface area contributed by atoms with Crippen molar-refractivity contribution in [3.05, 3.63) is 57.1 Å². The highest BCUT2D eigenvalue weighted by Gasteiger charge is 2.17. The molecule has 3 nitrogen and oxygen atoms in total. The summed E-state index contributed by atoms with van der Waals surface area (Å²) in [5.74, 6) is 0.455. The van der Waals surface area contributed by atoms with Gasteiger partial charge >= 0.3 is 0 Å². The monoisotopic (exact) mass is 351 g/mol. The SMILES string of the molecule is Cc1cc(C)c(C)c(OC(C)C(=O)Nc2cc(Cl)cc(Cl)c2)c1. The fraction of sp³-hybridized carbons (Fsp3) is 0.278. The molecule has 0 aliphatic heterocycles. The summed E-state index contributed by atoms with van der Waals surface area (Å²) < 4.78 is 5.82. The molecule has 23 heavy (non-hydrogen) atoms. The van der Waals surface area contributed by atoms with Crippen LogP contribution in [0.4, 0.5) is 5.69 Å². The van der Waals surface area contributed by atoms with Crippen LogP contribution in [-0.2, 0) is 4.79 Å². The van der Waals surface area contributed by atoms with Crippen molar-refractivity contribution in [1.82, 2.24) is 0 Å². The fourth-order valence-corrected chi connectivity index (χ4v) is 2.76. The Morgan fingerprint density at radius 3 is 2.26 bits per heavy atom. The highest BCUT2D eigenvalue weighted by Crippen LogP contribution is 2.25. The molecule has 0 aliphatic carbocycles. The molecule has 1 amide bonds. The van der Waals surface area contributed by atoms with Gasteiger partial charge in [-0.05, 0) is 68.7 Å². The van der Waals surface area contributed by atoms with Crippen molar-refractivity contribution in [2.45, 2.75) is 33.8 Å². The number of carbonyl (C=O) groups excluding carboxylic acids is 1. The molecule has 2 aromatic rings. The van der Waals surface area contributed by atoms with Crippen LogP contribution in [0.25, 0.3) is 0 Å². The molecule has 5 heteroatoms. The Morgan fingerprint density at radius 1 is 1.04 bits per heavy atom. The third kappa shape index (κ3) is 4.63. The van der Waals surface area contributed by atoms with E-state index < -0.39 is 6.10 Å². The summed E-state index contributed by atoms with van der Waals surface area (Å²) in [5, 5.41) is 3.69. The van der Waals surface area contributed by atoms with Crippen molar-refractivity contribution < 1.29 is 9.53 Å². The molecule has 0 heterocycles. The van der Waals surface area contributed by atoms with Gasteiger partial charge in [-0.25, -0.2) is 0 Å². The summed E-state index contributed by atoms with van der Waals surface area (Å²) in [5.41, 5.74) is 3.80. The lowest BCUT2D eigenvalue weighted by Crippen LogP contribution is -2.30. The van der Waals surface area contributed by atoms with E-state index in [1.54, 1.807) is 25.1 Å². The first-order chi connectivity index (χ1) is 10.8. The second-order valence-corrected chi connectivity index (χ2v) is 6.49. The van der Waals surface area contributed by atoms with Crippen LogP contribution in [0.1, 0.15) is 23.6 Å². The normalized spacial score (nSPS) is 11.9. The van der Waals surface area contributed by atoms with Crippen LogP contribution >= 0.6 is 23.2 Å². The molecule has 0 saturated carbocycles. The maximum absolute atomic E-state index is 12.3. The van der Waals surface area contributed by atoms with Gasteiger partial charge in [0.15, 0.2) is 6.10 Å². The summed E-state index contributed by atoms with van der Waals surface area (Å²) >= 11 is 11.9. The topological polar surface area (TPSA) is 38.3 Å². The second kappa shape index (κ2) is 7.24. The van der Waals surface area contributed by atoms with Crippen LogP contribution < -0.4 is 10.1 Å². The predicted molar refractivity (Wildman–Crippen MR) is 95.8 cm³/mol. The van der Waals surface area contributed by atoms with Gasteiger partial charge in [0.25, 0.3) is 5.91 Å². The third-order valence-electron chi connectivity index (χ3n) is 3.57. The molecule has 0 aliphatic rings. The summed E-state index contributed by atoms with van der Waals surface area (Å²) in [7, 11) is 0. The van der Waals surface area contributed by atoms with Gasteiger partial charge < -0.3 is 10.1 Å². The number of hydrogen-bond acceptors (Lipinski definition) is 2. The van der Waals surface area contributed by atoms with Crippen molar-refractivity contribution in [3.63, 3.8) is 0 Å². The van der Waals surface area contributed by atoms with E-state index in [1.807, 2.05) is 26.8 Å². The van der Waals surface area contributed by atoms with Gasteiger partial charge in [-0.15, -0.1) is 0 Å². The summed E-state index contributed by atoms with van der Waals surface area (Å²) in [6.45, 7) is 7.70. The number of ether oxygens (including phenoxy) is 1. The number of anilines is 1. The van der Waals surface area contributed by atoms with E-state index in [4.69, 9.17) is 27.9 Å². The second-order valence-electron chi connectivity index (χ2n) is 5.61. The first-order valence-electron chi connectivity index (χ1n) is 7.27. The lowest BCUT2D eigenvalue weighted by atomic mass is 10.1. The van der Waals surface area contributed by atoms with Crippen molar-refractivity contribution in [3.8, 4) is 5.75 Å². The molecular formula is C18H19Cl2NO2. The Bertz CT molecular complexity index is 724. The number of rotatable bonds is 4. The van der Waals surface area contributed by atoms with Gasteiger partial charge in [0.05, 0.1) is 0 Å². The Labute approximate surface area is 146 Å². The number of aryl methyl sites for hydroxylation is 2. The maximum atomic E-state index is 12.3. The zero-order valence-electron chi connectivity index (χ0n) is 13.5. The van der Waals surface area contributed by atoms with Crippen LogP contribution in [0.15, 0.2) is 30.3 Å². The van der Waals surface area contributed by atoms with Crippen LogP contribution in [0, 0.1) is 20.8 Å².